The first-order valence-electron chi connectivity index (χ1n) is 5.73. The second-order valence-corrected chi connectivity index (χ2v) is 4.89. The fourth-order valence-electron chi connectivity index (χ4n) is 1.82. The first kappa shape index (κ1) is 12.3. The maximum atomic E-state index is 6.07. The van der Waals surface area contributed by atoms with Gasteiger partial charge in [0.1, 0.15) is 12.4 Å². The highest BCUT2D eigenvalue weighted by molar-refractivity contribution is 6.33. The molecule has 0 atom stereocenters. The quantitative estimate of drug-likeness (QED) is 0.722. The van der Waals surface area contributed by atoms with Crippen molar-refractivity contribution >= 4 is 28.8 Å². The summed E-state index contributed by atoms with van der Waals surface area (Å²) in [5.74, 6) is 0.765. The molecular weight excluding hydrogens is 283 g/mol. The van der Waals surface area contributed by atoms with E-state index in [1.807, 2.05) is 34.9 Å². The minimum absolute atomic E-state index is 0.420. The molecule has 0 saturated carbocycles. The molecule has 19 heavy (non-hydrogen) atoms. The average Bonchev–Trinajstić information content (AvgIpc) is 2.83. The molecule has 0 fully saturated rings. The van der Waals surface area contributed by atoms with Gasteiger partial charge in [-0.2, -0.15) is 0 Å². The standard InChI is InChI=1S/C14H10Cl2N2O/c15-10-3-5-12(6-4-10)19-9-11-8-17-14-13(16)2-1-7-18(11)14/h1-8H,9H2. The number of ether oxygens (including phenoxy) is 1. The van der Waals surface area contributed by atoms with Crippen LogP contribution in [0.3, 0.4) is 0 Å². The van der Waals surface area contributed by atoms with E-state index in [1.54, 1.807) is 18.3 Å². The molecule has 3 nitrogen and oxygen atoms in total. The zero-order chi connectivity index (χ0) is 13.2. The molecule has 3 rings (SSSR count). The van der Waals surface area contributed by atoms with Crippen molar-refractivity contribution in [3.63, 3.8) is 0 Å². The van der Waals surface area contributed by atoms with Gasteiger partial charge in [-0.05, 0) is 36.4 Å². The van der Waals surface area contributed by atoms with Crippen LogP contribution in [0.1, 0.15) is 5.69 Å². The average molecular weight is 293 g/mol. The highest BCUT2D eigenvalue weighted by atomic mass is 35.5. The third-order valence-corrected chi connectivity index (χ3v) is 3.31. The number of hydrogen-bond donors (Lipinski definition) is 0. The van der Waals surface area contributed by atoms with E-state index in [-0.39, 0.29) is 0 Å². The van der Waals surface area contributed by atoms with E-state index in [9.17, 15) is 0 Å². The van der Waals surface area contributed by atoms with Crippen molar-refractivity contribution in [2.45, 2.75) is 6.61 Å². The molecule has 2 aromatic heterocycles. The fraction of sp³-hybridized carbons (Fsp3) is 0.0714. The van der Waals surface area contributed by atoms with Crippen LogP contribution in [0.15, 0.2) is 48.8 Å². The second kappa shape index (κ2) is 5.11. The summed E-state index contributed by atoms with van der Waals surface area (Å²) in [6, 6.07) is 10.9. The number of benzene rings is 1. The van der Waals surface area contributed by atoms with Crippen LogP contribution in [-0.4, -0.2) is 9.38 Å². The van der Waals surface area contributed by atoms with Crippen molar-refractivity contribution in [2.75, 3.05) is 0 Å². The van der Waals surface area contributed by atoms with Crippen molar-refractivity contribution < 1.29 is 4.74 Å². The minimum atomic E-state index is 0.420. The topological polar surface area (TPSA) is 26.5 Å². The maximum absolute atomic E-state index is 6.07. The predicted octanol–water partition coefficient (Wildman–Crippen LogP) is 4.22. The van der Waals surface area contributed by atoms with E-state index in [0.717, 1.165) is 17.1 Å². The zero-order valence-corrected chi connectivity index (χ0v) is 11.4. The largest absolute Gasteiger partial charge is 0.487 e. The van der Waals surface area contributed by atoms with Crippen LogP contribution in [0.4, 0.5) is 0 Å². The first-order chi connectivity index (χ1) is 9.24. The van der Waals surface area contributed by atoms with Gasteiger partial charge in [-0.3, -0.25) is 4.40 Å². The minimum Gasteiger partial charge on any atom is -0.487 e. The molecule has 0 aliphatic heterocycles. The molecule has 0 N–H and O–H groups in total. The molecule has 3 aromatic rings. The number of aromatic nitrogens is 2. The lowest BCUT2D eigenvalue weighted by Gasteiger charge is -2.06. The smallest absolute Gasteiger partial charge is 0.155 e. The Hall–Kier alpha value is -1.71. The van der Waals surface area contributed by atoms with Gasteiger partial charge in [-0.1, -0.05) is 23.2 Å². The van der Waals surface area contributed by atoms with Crippen LogP contribution in [0.2, 0.25) is 10.0 Å². The van der Waals surface area contributed by atoms with Gasteiger partial charge in [0, 0.05) is 11.2 Å². The summed E-state index contributed by atoms with van der Waals surface area (Å²) < 4.78 is 7.61. The van der Waals surface area contributed by atoms with E-state index in [2.05, 4.69) is 4.98 Å². The normalized spacial score (nSPS) is 10.8. The third kappa shape index (κ3) is 2.53. The van der Waals surface area contributed by atoms with Crippen LogP contribution in [0, 0.1) is 0 Å². The molecule has 0 aliphatic carbocycles. The molecular formula is C14H10Cl2N2O. The van der Waals surface area contributed by atoms with Crippen LogP contribution in [-0.2, 0) is 6.61 Å². The molecule has 0 aliphatic rings. The number of rotatable bonds is 3. The monoisotopic (exact) mass is 292 g/mol. The Kier molecular flexibility index (Phi) is 3.32. The number of nitrogens with zero attached hydrogens (tertiary/aromatic N) is 2. The number of pyridine rings is 1. The van der Waals surface area contributed by atoms with Gasteiger partial charge < -0.3 is 4.74 Å². The lowest BCUT2D eigenvalue weighted by Crippen LogP contribution is -1.99. The van der Waals surface area contributed by atoms with Gasteiger partial charge in [-0.25, -0.2) is 4.98 Å². The highest BCUT2D eigenvalue weighted by Crippen LogP contribution is 2.19. The van der Waals surface area contributed by atoms with E-state index in [0.29, 0.717) is 16.7 Å². The number of imidazole rings is 1. The van der Waals surface area contributed by atoms with Crippen molar-refractivity contribution in [3.8, 4) is 5.75 Å². The first-order valence-corrected chi connectivity index (χ1v) is 6.48. The molecule has 0 radical (unpaired) electrons. The third-order valence-electron chi connectivity index (χ3n) is 2.77. The summed E-state index contributed by atoms with van der Waals surface area (Å²) in [4.78, 5) is 4.27. The van der Waals surface area contributed by atoms with Crippen molar-refractivity contribution in [1.29, 1.82) is 0 Å². The molecule has 5 heteroatoms. The van der Waals surface area contributed by atoms with Crippen molar-refractivity contribution in [3.05, 3.63) is 64.5 Å². The van der Waals surface area contributed by atoms with Crippen LogP contribution in [0.5, 0.6) is 5.75 Å². The Labute approximate surface area is 120 Å². The molecule has 1 aromatic carbocycles. The highest BCUT2D eigenvalue weighted by Gasteiger charge is 2.06. The van der Waals surface area contributed by atoms with Gasteiger partial charge in [0.05, 0.1) is 16.9 Å². The van der Waals surface area contributed by atoms with E-state index >= 15 is 0 Å². The summed E-state index contributed by atoms with van der Waals surface area (Å²) in [6.45, 7) is 0.420. The van der Waals surface area contributed by atoms with Gasteiger partial charge in [0.2, 0.25) is 0 Å². The van der Waals surface area contributed by atoms with Gasteiger partial charge >= 0.3 is 0 Å². The molecule has 0 spiro atoms. The van der Waals surface area contributed by atoms with E-state index in [1.165, 1.54) is 0 Å². The van der Waals surface area contributed by atoms with E-state index < -0.39 is 0 Å². The summed E-state index contributed by atoms with van der Waals surface area (Å²) in [7, 11) is 0. The van der Waals surface area contributed by atoms with Crippen molar-refractivity contribution in [1.82, 2.24) is 9.38 Å². The summed E-state index contributed by atoms with van der Waals surface area (Å²) >= 11 is 11.9. The van der Waals surface area contributed by atoms with E-state index in [4.69, 9.17) is 27.9 Å². The zero-order valence-electron chi connectivity index (χ0n) is 9.88. The lowest BCUT2D eigenvalue weighted by atomic mass is 10.3. The van der Waals surface area contributed by atoms with Gasteiger partial charge in [0.15, 0.2) is 5.65 Å². The SMILES string of the molecule is Clc1ccc(OCc2cnc3c(Cl)cccn23)cc1. The Balaban J connectivity index is 1.82. The second-order valence-electron chi connectivity index (χ2n) is 4.04. The Bertz CT molecular complexity index is 707. The molecule has 96 valence electrons. The molecule has 0 unspecified atom stereocenters. The summed E-state index contributed by atoms with van der Waals surface area (Å²) in [5, 5.41) is 1.31. The Morgan fingerprint density at radius 2 is 1.89 bits per heavy atom. The predicted molar refractivity (Wildman–Crippen MR) is 76.0 cm³/mol. The van der Waals surface area contributed by atoms with Gasteiger partial charge in [0.25, 0.3) is 0 Å². The van der Waals surface area contributed by atoms with Crippen molar-refractivity contribution in [2.24, 2.45) is 0 Å². The fourth-order valence-corrected chi connectivity index (χ4v) is 2.16. The summed E-state index contributed by atoms with van der Waals surface area (Å²) in [5.41, 5.74) is 1.67. The van der Waals surface area contributed by atoms with Crippen LogP contribution >= 0.6 is 23.2 Å². The Morgan fingerprint density at radius 3 is 2.68 bits per heavy atom. The van der Waals surface area contributed by atoms with Crippen LogP contribution in [0.25, 0.3) is 5.65 Å². The van der Waals surface area contributed by atoms with Crippen LogP contribution < -0.4 is 4.74 Å². The number of hydrogen-bond acceptors (Lipinski definition) is 2. The van der Waals surface area contributed by atoms with Gasteiger partial charge in [-0.15, -0.1) is 0 Å². The summed E-state index contributed by atoms with van der Waals surface area (Å²) in [6.07, 6.45) is 3.67. The lowest BCUT2D eigenvalue weighted by molar-refractivity contribution is 0.300. The maximum Gasteiger partial charge on any atom is 0.155 e. The molecule has 0 bridgehead atoms. The Morgan fingerprint density at radius 1 is 1.11 bits per heavy atom. The molecule has 2 heterocycles. The molecule has 0 saturated heterocycles. The number of fused-ring (bicyclic) bond motifs is 1. The number of halogens is 2. The molecule has 0 amide bonds.